The van der Waals surface area contributed by atoms with E-state index in [0.717, 1.165) is 10.6 Å². The maximum Gasteiger partial charge on any atom is 0.244 e. The van der Waals surface area contributed by atoms with Crippen LogP contribution in [-0.4, -0.2) is 50.0 Å². The van der Waals surface area contributed by atoms with Gasteiger partial charge in [-0.15, -0.1) is 0 Å². The summed E-state index contributed by atoms with van der Waals surface area (Å²) in [5.41, 5.74) is 2.36. The number of nitrogens with zero attached hydrogens (tertiary/aromatic N) is 2. The Morgan fingerprint density at radius 1 is 1.00 bits per heavy atom. The average Bonchev–Trinajstić information content (AvgIpc) is 2.73. The SMILES string of the molecule is CC[C@H](C(=O)NC(C)C)N(Cc1c(Cl)cccc1Cl)C(=O)CN(c1c(C)cccc1C)S(C)(=O)=O. The molecule has 0 unspecified atom stereocenters. The molecule has 0 aliphatic rings. The van der Waals surface area contributed by atoms with Crippen molar-refractivity contribution in [3.8, 4) is 0 Å². The molecule has 35 heavy (non-hydrogen) atoms. The van der Waals surface area contributed by atoms with Gasteiger partial charge in [-0.1, -0.05) is 54.4 Å². The first kappa shape index (κ1) is 28.9. The first-order valence-corrected chi connectivity index (χ1v) is 13.9. The predicted octanol–water partition coefficient (Wildman–Crippen LogP) is 4.71. The second-order valence-electron chi connectivity index (χ2n) is 8.82. The Hall–Kier alpha value is -2.29. The van der Waals surface area contributed by atoms with Crippen molar-refractivity contribution in [1.82, 2.24) is 10.2 Å². The van der Waals surface area contributed by atoms with Gasteiger partial charge in [-0.3, -0.25) is 13.9 Å². The van der Waals surface area contributed by atoms with Crippen LogP contribution in [0.2, 0.25) is 10.0 Å². The topological polar surface area (TPSA) is 86.8 Å². The van der Waals surface area contributed by atoms with Gasteiger partial charge in [0.1, 0.15) is 12.6 Å². The second-order valence-corrected chi connectivity index (χ2v) is 11.5. The van der Waals surface area contributed by atoms with E-state index in [0.29, 0.717) is 38.8 Å². The van der Waals surface area contributed by atoms with Crippen molar-refractivity contribution >= 4 is 50.7 Å². The van der Waals surface area contributed by atoms with Crippen molar-refractivity contribution in [1.29, 1.82) is 0 Å². The van der Waals surface area contributed by atoms with Crippen LogP contribution in [0.5, 0.6) is 0 Å². The zero-order valence-electron chi connectivity index (χ0n) is 20.9. The molecule has 0 radical (unpaired) electrons. The van der Waals surface area contributed by atoms with E-state index < -0.39 is 28.5 Å². The van der Waals surface area contributed by atoms with E-state index in [9.17, 15) is 18.0 Å². The van der Waals surface area contributed by atoms with Gasteiger partial charge in [-0.2, -0.15) is 0 Å². The third-order valence-corrected chi connectivity index (χ3v) is 7.40. The number of carbonyl (C=O) groups excluding carboxylic acids is 2. The minimum absolute atomic E-state index is 0.0499. The molecular formula is C25H33Cl2N3O4S. The normalized spacial score (nSPS) is 12.4. The minimum atomic E-state index is -3.82. The molecule has 2 rings (SSSR count). The van der Waals surface area contributed by atoms with Crippen molar-refractivity contribution in [3.63, 3.8) is 0 Å². The van der Waals surface area contributed by atoms with Gasteiger partial charge in [0.15, 0.2) is 0 Å². The van der Waals surface area contributed by atoms with E-state index in [4.69, 9.17) is 23.2 Å². The summed E-state index contributed by atoms with van der Waals surface area (Å²) >= 11 is 12.8. The summed E-state index contributed by atoms with van der Waals surface area (Å²) in [5, 5.41) is 3.55. The van der Waals surface area contributed by atoms with Gasteiger partial charge in [0.25, 0.3) is 0 Å². The Labute approximate surface area is 218 Å². The average molecular weight is 543 g/mol. The van der Waals surface area contributed by atoms with Crippen LogP contribution in [0.25, 0.3) is 0 Å². The molecule has 1 N–H and O–H groups in total. The van der Waals surface area contributed by atoms with Crippen LogP contribution in [0.15, 0.2) is 36.4 Å². The van der Waals surface area contributed by atoms with Crippen molar-refractivity contribution in [2.75, 3.05) is 17.1 Å². The van der Waals surface area contributed by atoms with Gasteiger partial charge in [-0.25, -0.2) is 8.42 Å². The highest BCUT2D eigenvalue weighted by molar-refractivity contribution is 7.92. The van der Waals surface area contributed by atoms with Gasteiger partial charge in [0.05, 0.1) is 11.9 Å². The Morgan fingerprint density at radius 2 is 1.51 bits per heavy atom. The molecule has 0 saturated carbocycles. The molecule has 7 nitrogen and oxygen atoms in total. The lowest BCUT2D eigenvalue weighted by Crippen LogP contribution is -2.53. The van der Waals surface area contributed by atoms with Crippen LogP contribution >= 0.6 is 23.2 Å². The number of carbonyl (C=O) groups is 2. The number of aryl methyl sites for hydroxylation is 2. The summed E-state index contributed by atoms with van der Waals surface area (Å²) in [6.07, 6.45) is 1.37. The van der Waals surface area contributed by atoms with E-state index in [1.54, 1.807) is 51.1 Å². The summed E-state index contributed by atoms with van der Waals surface area (Å²) in [6, 6.07) is 9.41. The number of nitrogens with one attached hydrogen (secondary N) is 1. The third kappa shape index (κ3) is 7.35. The largest absolute Gasteiger partial charge is 0.352 e. The van der Waals surface area contributed by atoms with Crippen LogP contribution in [0.4, 0.5) is 5.69 Å². The summed E-state index contributed by atoms with van der Waals surface area (Å²) < 4.78 is 26.7. The van der Waals surface area contributed by atoms with E-state index in [-0.39, 0.29) is 18.5 Å². The zero-order valence-corrected chi connectivity index (χ0v) is 23.3. The van der Waals surface area contributed by atoms with E-state index in [2.05, 4.69) is 5.32 Å². The first-order valence-electron chi connectivity index (χ1n) is 11.3. The smallest absolute Gasteiger partial charge is 0.244 e. The number of rotatable bonds is 10. The van der Waals surface area contributed by atoms with Gasteiger partial charge in [0, 0.05) is 28.2 Å². The molecule has 10 heteroatoms. The fourth-order valence-electron chi connectivity index (χ4n) is 3.93. The lowest BCUT2D eigenvalue weighted by Gasteiger charge is -2.34. The Balaban J connectivity index is 2.56. The Morgan fingerprint density at radius 3 is 1.97 bits per heavy atom. The third-order valence-electron chi connectivity index (χ3n) is 5.58. The number of amides is 2. The van der Waals surface area contributed by atoms with Crippen LogP contribution in [-0.2, 0) is 26.2 Å². The molecule has 0 aromatic heterocycles. The molecule has 0 spiro atoms. The highest BCUT2D eigenvalue weighted by Crippen LogP contribution is 2.29. The molecule has 2 aromatic carbocycles. The van der Waals surface area contributed by atoms with Gasteiger partial charge >= 0.3 is 0 Å². The molecule has 2 aromatic rings. The quantitative estimate of drug-likeness (QED) is 0.471. The van der Waals surface area contributed by atoms with Crippen LogP contribution in [0.3, 0.4) is 0 Å². The summed E-state index contributed by atoms with van der Waals surface area (Å²) in [6.45, 7) is 8.50. The Bertz CT molecular complexity index is 1140. The maximum absolute atomic E-state index is 13.8. The molecule has 0 bridgehead atoms. The lowest BCUT2D eigenvalue weighted by atomic mass is 10.1. The molecule has 0 saturated heterocycles. The number of hydrogen-bond acceptors (Lipinski definition) is 4. The minimum Gasteiger partial charge on any atom is -0.352 e. The van der Waals surface area contributed by atoms with Gasteiger partial charge in [0.2, 0.25) is 21.8 Å². The number of hydrogen-bond donors (Lipinski definition) is 1. The number of para-hydroxylation sites is 1. The number of halogens is 2. The number of anilines is 1. The molecule has 192 valence electrons. The van der Waals surface area contributed by atoms with Crippen LogP contribution in [0.1, 0.15) is 43.9 Å². The Kier molecular flexibility index (Phi) is 10.0. The predicted molar refractivity (Wildman–Crippen MR) is 142 cm³/mol. The standard InChI is InChI=1S/C25H33Cl2N3O4S/c1-7-22(25(32)28-16(2)3)29(14-19-20(26)12-9-13-21(19)27)23(31)15-30(35(6,33)34)24-17(4)10-8-11-18(24)5/h8-13,16,22H,7,14-15H2,1-6H3,(H,28,32)/t22-/m1/s1. The highest BCUT2D eigenvalue weighted by Gasteiger charge is 2.33. The van der Waals surface area contributed by atoms with Crippen molar-refractivity contribution in [2.45, 2.75) is 59.7 Å². The molecule has 0 aliphatic heterocycles. The lowest BCUT2D eigenvalue weighted by molar-refractivity contribution is -0.140. The number of sulfonamides is 1. The summed E-state index contributed by atoms with van der Waals surface area (Å²) in [4.78, 5) is 28.2. The summed E-state index contributed by atoms with van der Waals surface area (Å²) in [5.74, 6) is -0.878. The second kappa shape index (κ2) is 12.1. The summed E-state index contributed by atoms with van der Waals surface area (Å²) in [7, 11) is -3.82. The maximum atomic E-state index is 13.8. The van der Waals surface area contributed by atoms with Crippen molar-refractivity contribution in [2.24, 2.45) is 0 Å². The molecule has 0 fully saturated rings. The van der Waals surface area contributed by atoms with Gasteiger partial charge in [-0.05, 0) is 57.4 Å². The van der Waals surface area contributed by atoms with E-state index in [1.807, 2.05) is 19.9 Å². The zero-order chi connectivity index (χ0) is 26.5. The van der Waals surface area contributed by atoms with E-state index >= 15 is 0 Å². The fourth-order valence-corrected chi connectivity index (χ4v) is 5.41. The molecule has 0 heterocycles. The molecular weight excluding hydrogens is 509 g/mol. The van der Waals surface area contributed by atoms with Crippen molar-refractivity contribution in [3.05, 3.63) is 63.1 Å². The molecule has 0 aliphatic carbocycles. The highest BCUT2D eigenvalue weighted by atomic mass is 35.5. The van der Waals surface area contributed by atoms with Gasteiger partial charge < -0.3 is 10.2 Å². The van der Waals surface area contributed by atoms with Crippen LogP contribution < -0.4 is 9.62 Å². The first-order chi connectivity index (χ1) is 16.3. The monoisotopic (exact) mass is 541 g/mol. The van der Waals surface area contributed by atoms with E-state index in [1.165, 1.54) is 4.90 Å². The number of benzene rings is 2. The fraction of sp³-hybridized carbons (Fsp3) is 0.440. The van der Waals surface area contributed by atoms with Crippen LogP contribution in [0, 0.1) is 13.8 Å². The molecule has 1 atom stereocenters. The van der Waals surface area contributed by atoms with Crippen molar-refractivity contribution < 1.29 is 18.0 Å². The molecule has 2 amide bonds.